The number of ether oxygens (including phenoxy) is 3. The van der Waals surface area contributed by atoms with E-state index in [1.807, 2.05) is 42.5 Å². The lowest BCUT2D eigenvalue weighted by Gasteiger charge is -2.29. The van der Waals surface area contributed by atoms with E-state index in [2.05, 4.69) is 10.2 Å². The van der Waals surface area contributed by atoms with Gasteiger partial charge in [-0.3, -0.25) is 9.89 Å². The molecule has 3 aromatic rings. The molecule has 0 bridgehead atoms. The molecule has 1 aromatic heterocycles. The Kier molecular flexibility index (Phi) is 5.83. The van der Waals surface area contributed by atoms with Crippen LogP contribution in [-0.2, 0) is 14.2 Å². The van der Waals surface area contributed by atoms with Gasteiger partial charge in [0, 0.05) is 25.3 Å². The van der Waals surface area contributed by atoms with Gasteiger partial charge in [0.05, 0.1) is 31.0 Å². The molecule has 0 spiro atoms. The quantitative estimate of drug-likeness (QED) is 0.466. The number of nitrogens with one attached hydrogen (secondary N) is 1. The van der Waals surface area contributed by atoms with Crippen molar-refractivity contribution >= 4 is 11.9 Å². The van der Waals surface area contributed by atoms with Crippen LogP contribution in [0.3, 0.4) is 0 Å². The number of carbonyl (C=O) groups is 2. The van der Waals surface area contributed by atoms with Crippen LogP contribution in [0.5, 0.6) is 0 Å². The van der Waals surface area contributed by atoms with Crippen LogP contribution in [-0.4, -0.2) is 61.1 Å². The first kappa shape index (κ1) is 20.8. The summed E-state index contributed by atoms with van der Waals surface area (Å²) in [6, 6.07) is 16.3. The molecule has 0 saturated heterocycles. The summed E-state index contributed by atoms with van der Waals surface area (Å²) < 4.78 is 15.5. The third-order valence-corrected chi connectivity index (χ3v) is 5.43. The van der Waals surface area contributed by atoms with E-state index in [1.54, 1.807) is 17.0 Å². The second-order valence-corrected chi connectivity index (χ2v) is 7.10. The minimum atomic E-state index is -0.585. The normalized spacial score (nSPS) is 15.4. The lowest BCUT2D eigenvalue weighted by atomic mass is 9.95. The van der Waals surface area contributed by atoms with Crippen LogP contribution in [0.2, 0.25) is 0 Å². The number of aromatic amines is 1. The zero-order valence-electron chi connectivity index (χ0n) is 17.5. The summed E-state index contributed by atoms with van der Waals surface area (Å²) in [5, 5.41) is 7.35. The smallest absolute Gasteiger partial charge is 0.337 e. The van der Waals surface area contributed by atoms with Gasteiger partial charge >= 0.3 is 5.97 Å². The Balaban J connectivity index is 1.82. The number of carbonyl (C=O) groups excluding carboxylic acids is 2. The van der Waals surface area contributed by atoms with Gasteiger partial charge in [-0.2, -0.15) is 5.10 Å². The van der Waals surface area contributed by atoms with Gasteiger partial charge in [-0.1, -0.05) is 42.5 Å². The summed E-state index contributed by atoms with van der Waals surface area (Å²) in [7, 11) is 4.41. The molecule has 1 amide bonds. The summed E-state index contributed by atoms with van der Waals surface area (Å²) >= 11 is 0. The molecule has 4 rings (SSSR count). The number of hydrogen-bond acceptors (Lipinski definition) is 6. The van der Waals surface area contributed by atoms with E-state index in [-0.39, 0.29) is 12.5 Å². The molecule has 8 nitrogen and oxygen atoms in total. The number of fused-ring (bicyclic) bond motifs is 1. The standard InChI is InChI=1S/C23H23N3O5/c1-29-17(30-2)13-26-21(15-9-11-16(12-10-15)23(28)31-3)18-19(14-7-5-4-6-8-14)24-25-20(18)22(26)27/h4-12,17,21H,13H2,1-3H3,(H,24,25). The lowest BCUT2D eigenvalue weighted by Crippen LogP contribution is -2.38. The molecule has 1 aliphatic heterocycles. The molecule has 0 saturated carbocycles. The SMILES string of the molecule is COC(=O)c1ccc(C2c3c(-c4ccccc4)n[nH]c3C(=O)N2CC(OC)OC)cc1. The highest BCUT2D eigenvalue weighted by Crippen LogP contribution is 2.42. The molecular weight excluding hydrogens is 398 g/mol. The molecule has 1 N–H and O–H groups in total. The first-order valence-corrected chi connectivity index (χ1v) is 9.77. The van der Waals surface area contributed by atoms with Gasteiger partial charge in [0.25, 0.3) is 5.91 Å². The largest absolute Gasteiger partial charge is 0.465 e. The summed E-state index contributed by atoms with van der Waals surface area (Å²) in [4.78, 5) is 26.8. The van der Waals surface area contributed by atoms with Gasteiger partial charge in [0.15, 0.2) is 6.29 Å². The van der Waals surface area contributed by atoms with Crippen LogP contribution in [0.1, 0.15) is 38.0 Å². The third-order valence-electron chi connectivity index (χ3n) is 5.43. The maximum Gasteiger partial charge on any atom is 0.337 e. The number of hydrogen-bond donors (Lipinski definition) is 1. The van der Waals surface area contributed by atoms with Crippen LogP contribution in [0.25, 0.3) is 11.3 Å². The number of H-pyrrole nitrogens is 1. The Hall–Kier alpha value is -3.49. The van der Waals surface area contributed by atoms with Crippen molar-refractivity contribution in [3.8, 4) is 11.3 Å². The van der Waals surface area contributed by atoms with Crippen molar-refractivity contribution in [3.63, 3.8) is 0 Å². The molecule has 1 atom stereocenters. The van der Waals surface area contributed by atoms with Crippen molar-refractivity contribution < 1.29 is 23.8 Å². The van der Waals surface area contributed by atoms with Gasteiger partial charge in [-0.05, 0) is 17.7 Å². The van der Waals surface area contributed by atoms with E-state index in [0.717, 1.165) is 16.7 Å². The summed E-state index contributed by atoms with van der Waals surface area (Å²) in [5.74, 6) is -0.607. The van der Waals surface area contributed by atoms with Crippen LogP contribution < -0.4 is 0 Å². The lowest BCUT2D eigenvalue weighted by molar-refractivity contribution is -0.113. The fraction of sp³-hybridized carbons (Fsp3) is 0.261. The Morgan fingerprint density at radius 3 is 2.35 bits per heavy atom. The van der Waals surface area contributed by atoms with E-state index < -0.39 is 18.3 Å². The van der Waals surface area contributed by atoms with Crippen LogP contribution in [0.4, 0.5) is 0 Å². The second-order valence-electron chi connectivity index (χ2n) is 7.10. The molecule has 0 fully saturated rings. The fourth-order valence-electron chi connectivity index (χ4n) is 3.87. The fourth-order valence-corrected chi connectivity index (χ4v) is 3.87. The van der Waals surface area contributed by atoms with Crippen molar-refractivity contribution in [1.29, 1.82) is 0 Å². The van der Waals surface area contributed by atoms with Crippen molar-refractivity contribution in [2.24, 2.45) is 0 Å². The van der Waals surface area contributed by atoms with E-state index >= 15 is 0 Å². The molecule has 0 radical (unpaired) electrons. The van der Waals surface area contributed by atoms with Gasteiger partial charge in [0.1, 0.15) is 5.69 Å². The second kappa shape index (κ2) is 8.71. The zero-order chi connectivity index (χ0) is 22.0. The Bertz CT molecular complexity index is 1070. The molecule has 1 unspecified atom stereocenters. The average molecular weight is 421 g/mol. The molecule has 8 heteroatoms. The third kappa shape index (κ3) is 3.71. The highest BCUT2D eigenvalue weighted by molar-refractivity contribution is 6.00. The molecule has 2 heterocycles. The van der Waals surface area contributed by atoms with Crippen LogP contribution >= 0.6 is 0 Å². The molecule has 160 valence electrons. The van der Waals surface area contributed by atoms with E-state index in [0.29, 0.717) is 17.0 Å². The Labute approximate surface area is 179 Å². The number of rotatable bonds is 7. The summed E-state index contributed by atoms with van der Waals surface area (Å²) in [6.45, 7) is 0.228. The minimum Gasteiger partial charge on any atom is -0.465 e. The summed E-state index contributed by atoms with van der Waals surface area (Å²) in [5.41, 5.74) is 4.11. The predicted molar refractivity (Wildman–Crippen MR) is 112 cm³/mol. The number of nitrogens with zero attached hydrogens (tertiary/aromatic N) is 2. The zero-order valence-corrected chi connectivity index (χ0v) is 17.5. The van der Waals surface area contributed by atoms with Gasteiger partial charge in [-0.25, -0.2) is 4.79 Å². The van der Waals surface area contributed by atoms with Crippen LogP contribution in [0.15, 0.2) is 54.6 Å². The highest BCUT2D eigenvalue weighted by Gasteiger charge is 2.43. The summed E-state index contributed by atoms with van der Waals surface area (Å²) in [6.07, 6.45) is -0.585. The first-order valence-electron chi connectivity index (χ1n) is 9.77. The molecule has 1 aliphatic rings. The highest BCUT2D eigenvalue weighted by atomic mass is 16.7. The minimum absolute atomic E-state index is 0.189. The van der Waals surface area contributed by atoms with Gasteiger partial charge in [0.2, 0.25) is 0 Å². The molecule has 2 aromatic carbocycles. The predicted octanol–water partition coefficient (Wildman–Crippen LogP) is 3.03. The van der Waals surface area contributed by atoms with E-state index in [1.165, 1.54) is 21.3 Å². The monoisotopic (exact) mass is 421 g/mol. The van der Waals surface area contributed by atoms with Crippen LogP contribution in [0, 0.1) is 0 Å². The van der Waals surface area contributed by atoms with Gasteiger partial charge < -0.3 is 19.1 Å². The maximum absolute atomic E-state index is 13.3. The Morgan fingerprint density at radius 1 is 1.06 bits per heavy atom. The van der Waals surface area contributed by atoms with Crippen molar-refractivity contribution in [2.75, 3.05) is 27.9 Å². The van der Waals surface area contributed by atoms with Crippen molar-refractivity contribution in [3.05, 3.63) is 77.0 Å². The first-order chi connectivity index (χ1) is 15.1. The Morgan fingerprint density at radius 2 is 1.74 bits per heavy atom. The van der Waals surface area contributed by atoms with Crippen molar-refractivity contribution in [1.82, 2.24) is 15.1 Å². The number of amides is 1. The van der Waals surface area contributed by atoms with Crippen molar-refractivity contribution in [2.45, 2.75) is 12.3 Å². The maximum atomic E-state index is 13.3. The van der Waals surface area contributed by atoms with E-state index in [4.69, 9.17) is 14.2 Å². The number of aromatic nitrogens is 2. The molecule has 0 aliphatic carbocycles. The average Bonchev–Trinajstić information content (AvgIpc) is 3.36. The van der Waals surface area contributed by atoms with Gasteiger partial charge in [-0.15, -0.1) is 0 Å². The molecular formula is C23H23N3O5. The topological polar surface area (TPSA) is 93.8 Å². The van der Waals surface area contributed by atoms with E-state index in [9.17, 15) is 9.59 Å². The number of esters is 1. The number of methoxy groups -OCH3 is 3. The molecule has 31 heavy (non-hydrogen) atoms. The number of benzene rings is 2.